The largest absolute Gasteiger partial charge is 0.467 e. The third-order valence-corrected chi connectivity index (χ3v) is 4.97. The topological polar surface area (TPSA) is 25.2 Å². The van der Waals surface area contributed by atoms with Gasteiger partial charge in [-0.3, -0.25) is 0 Å². The number of halogens is 3. The van der Waals surface area contributed by atoms with Gasteiger partial charge in [-0.2, -0.15) is 0 Å². The van der Waals surface area contributed by atoms with Crippen molar-refractivity contribution >= 4 is 51.8 Å². The molecule has 21 heavy (non-hydrogen) atoms. The Labute approximate surface area is 141 Å². The van der Waals surface area contributed by atoms with Gasteiger partial charge < -0.3 is 9.73 Å². The molecule has 2 nitrogen and oxygen atoms in total. The fourth-order valence-corrected chi connectivity index (χ4v) is 3.39. The van der Waals surface area contributed by atoms with E-state index in [1.165, 1.54) is 11.3 Å². The zero-order valence-electron chi connectivity index (χ0n) is 10.6. The van der Waals surface area contributed by atoms with Gasteiger partial charge in [0, 0.05) is 10.6 Å². The highest BCUT2D eigenvalue weighted by Crippen LogP contribution is 2.35. The van der Waals surface area contributed by atoms with Crippen LogP contribution >= 0.6 is 46.1 Å². The van der Waals surface area contributed by atoms with E-state index in [1.807, 2.05) is 30.3 Å². The Hall–Kier alpha value is -1.13. The molecule has 0 bridgehead atoms. The third-order valence-electron chi connectivity index (χ3n) is 2.94. The number of furan rings is 1. The van der Waals surface area contributed by atoms with Crippen LogP contribution in [0.1, 0.15) is 16.7 Å². The fraction of sp³-hybridized carbons (Fsp3) is 0.0667. The number of nitrogens with one attached hydrogen (secondary N) is 1. The summed E-state index contributed by atoms with van der Waals surface area (Å²) in [5.41, 5.74) is 0.857. The van der Waals surface area contributed by atoms with E-state index in [-0.39, 0.29) is 6.04 Å². The first kappa shape index (κ1) is 14.8. The zero-order valence-corrected chi connectivity index (χ0v) is 13.7. The molecule has 0 saturated heterocycles. The summed E-state index contributed by atoms with van der Waals surface area (Å²) in [6, 6.07) is 12.9. The number of thiophene rings is 1. The first-order chi connectivity index (χ1) is 10.1. The molecule has 1 N–H and O–H groups in total. The quantitative estimate of drug-likeness (QED) is 0.575. The van der Waals surface area contributed by atoms with Gasteiger partial charge >= 0.3 is 0 Å². The van der Waals surface area contributed by atoms with Gasteiger partial charge in [-0.05, 0) is 42.5 Å². The van der Waals surface area contributed by atoms with E-state index in [0.717, 1.165) is 20.7 Å². The average molecular weight is 359 g/mol. The van der Waals surface area contributed by atoms with Crippen molar-refractivity contribution < 1.29 is 4.42 Å². The molecule has 0 aliphatic carbocycles. The molecule has 3 aromatic rings. The van der Waals surface area contributed by atoms with Crippen molar-refractivity contribution in [2.24, 2.45) is 0 Å². The van der Waals surface area contributed by atoms with Gasteiger partial charge in [-0.15, -0.1) is 11.3 Å². The van der Waals surface area contributed by atoms with Crippen molar-refractivity contribution in [1.29, 1.82) is 0 Å². The normalized spacial score (nSPS) is 12.3. The van der Waals surface area contributed by atoms with Gasteiger partial charge in [0.15, 0.2) is 0 Å². The van der Waals surface area contributed by atoms with E-state index < -0.39 is 0 Å². The van der Waals surface area contributed by atoms with Crippen molar-refractivity contribution in [2.45, 2.75) is 6.04 Å². The van der Waals surface area contributed by atoms with E-state index in [0.29, 0.717) is 10.0 Å². The molecule has 0 spiro atoms. The van der Waals surface area contributed by atoms with E-state index in [1.54, 1.807) is 18.4 Å². The minimum absolute atomic E-state index is 0.130. The minimum atomic E-state index is -0.130. The summed E-state index contributed by atoms with van der Waals surface area (Å²) in [4.78, 5) is 1.06. The molecule has 0 aliphatic heterocycles. The fourth-order valence-electron chi connectivity index (χ4n) is 1.97. The molecule has 0 fully saturated rings. The summed E-state index contributed by atoms with van der Waals surface area (Å²) in [6.07, 6.45) is 1.65. The zero-order chi connectivity index (χ0) is 14.8. The van der Waals surface area contributed by atoms with Crippen LogP contribution in [-0.4, -0.2) is 0 Å². The van der Waals surface area contributed by atoms with Crippen molar-refractivity contribution in [3.05, 3.63) is 73.7 Å². The van der Waals surface area contributed by atoms with E-state index in [4.69, 9.17) is 39.2 Å². The van der Waals surface area contributed by atoms with Crippen LogP contribution in [0.3, 0.4) is 0 Å². The smallest absolute Gasteiger partial charge is 0.131 e. The van der Waals surface area contributed by atoms with E-state index >= 15 is 0 Å². The van der Waals surface area contributed by atoms with Crippen LogP contribution in [0.2, 0.25) is 14.4 Å². The molecule has 6 heteroatoms. The van der Waals surface area contributed by atoms with Crippen molar-refractivity contribution in [1.82, 2.24) is 0 Å². The maximum absolute atomic E-state index is 6.06. The van der Waals surface area contributed by atoms with Crippen molar-refractivity contribution in [2.75, 3.05) is 5.32 Å². The number of anilines is 1. The number of hydrogen-bond acceptors (Lipinski definition) is 3. The molecule has 1 aromatic carbocycles. The second-order valence-corrected chi connectivity index (χ2v) is 6.92. The molecule has 1 unspecified atom stereocenters. The van der Waals surface area contributed by atoms with Crippen LogP contribution in [0.15, 0.2) is 53.1 Å². The van der Waals surface area contributed by atoms with Crippen LogP contribution < -0.4 is 5.32 Å². The highest BCUT2D eigenvalue weighted by molar-refractivity contribution is 7.16. The highest BCUT2D eigenvalue weighted by atomic mass is 35.5. The maximum Gasteiger partial charge on any atom is 0.131 e. The van der Waals surface area contributed by atoms with Crippen LogP contribution in [0.25, 0.3) is 0 Å². The SMILES string of the molecule is Clc1ccc(C(Nc2ccc(Cl)c(Cl)c2)c2ccco2)s1. The second-order valence-electron chi connectivity index (χ2n) is 4.36. The lowest BCUT2D eigenvalue weighted by molar-refractivity contribution is 0.501. The molecule has 0 radical (unpaired) electrons. The molecule has 0 saturated carbocycles. The molecule has 2 aromatic heterocycles. The van der Waals surface area contributed by atoms with Crippen molar-refractivity contribution in [3.63, 3.8) is 0 Å². The van der Waals surface area contributed by atoms with Crippen LogP contribution in [0, 0.1) is 0 Å². The first-order valence-electron chi connectivity index (χ1n) is 6.14. The summed E-state index contributed by atoms with van der Waals surface area (Å²) in [7, 11) is 0. The monoisotopic (exact) mass is 357 g/mol. The summed E-state index contributed by atoms with van der Waals surface area (Å²) in [6.45, 7) is 0. The van der Waals surface area contributed by atoms with Crippen LogP contribution in [0.5, 0.6) is 0 Å². The Morgan fingerprint density at radius 2 is 1.86 bits per heavy atom. The summed E-state index contributed by atoms with van der Waals surface area (Å²) >= 11 is 19.5. The molecule has 2 heterocycles. The van der Waals surface area contributed by atoms with Gasteiger partial charge in [-0.25, -0.2) is 0 Å². The minimum Gasteiger partial charge on any atom is -0.467 e. The number of rotatable bonds is 4. The standard InChI is InChI=1S/C15H10Cl3NOS/c16-10-4-3-9(8-11(10)17)19-15(12-2-1-7-20-12)13-5-6-14(18)21-13/h1-8,15,19H. The van der Waals surface area contributed by atoms with Gasteiger partial charge in [0.2, 0.25) is 0 Å². The van der Waals surface area contributed by atoms with Crippen LogP contribution in [-0.2, 0) is 0 Å². The number of benzene rings is 1. The summed E-state index contributed by atoms with van der Waals surface area (Å²) in [5, 5.41) is 4.42. The van der Waals surface area contributed by atoms with E-state index in [9.17, 15) is 0 Å². The molecular weight excluding hydrogens is 349 g/mol. The Morgan fingerprint density at radius 1 is 1.00 bits per heavy atom. The average Bonchev–Trinajstić information content (AvgIpc) is 3.11. The van der Waals surface area contributed by atoms with Gasteiger partial charge in [-0.1, -0.05) is 34.8 Å². The highest BCUT2D eigenvalue weighted by Gasteiger charge is 2.19. The molecule has 3 rings (SSSR count). The first-order valence-corrected chi connectivity index (χ1v) is 8.09. The number of hydrogen-bond donors (Lipinski definition) is 1. The molecule has 1 atom stereocenters. The Balaban J connectivity index is 1.94. The van der Waals surface area contributed by atoms with E-state index in [2.05, 4.69) is 5.32 Å². The van der Waals surface area contributed by atoms with Crippen molar-refractivity contribution in [3.8, 4) is 0 Å². The third kappa shape index (κ3) is 3.38. The van der Waals surface area contributed by atoms with Gasteiger partial charge in [0.25, 0.3) is 0 Å². The second kappa shape index (κ2) is 6.32. The molecule has 108 valence electrons. The predicted molar refractivity (Wildman–Crippen MR) is 90.0 cm³/mol. The summed E-state index contributed by atoms with van der Waals surface area (Å²) in [5.74, 6) is 0.805. The lowest BCUT2D eigenvalue weighted by Gasteiger charge is -2.17. The summed E-state index contributed by atoms with van der Waals surface area (Å²) < 4.78 is 6.26. The Kier molecular flexibility index (Phi) is 4.45. The Bertz CT molecular complexity index is 739. The molecule has 0 amide bonds. The predicted octanol–water partition coefficient (Wildman–Crippen LogP) is 6.50. The van der Waals surface area contributed by atoms with Gasteiger partial charge in [0.1, 0.15) is 11.8 Å². The lowest BCUT2D eigenvalue weighted by Crippen LogP contribution is -2.10. The lowest BCUT2D eigenvalue weighted by atomic mass is 10.1. The van der Waals surface area contributed by atoms with Gasteiger partial charge in [0.05, 0.1) is 20.6 Å². The Morgan fingerprint density at radius 3 is 2.48 bits per heavy atom. The van der Waals surface area contributed by atoms with Crippen LogP contribution in [0.4, 0.5) is 5.69 Å². The molecular formula is C15H10Cl3NOS. The maximum atomic E-state index is 6.06. The molecule has 0 aliphatic rings.